The van der Waals surface area contributed by atoms with Crippen molar-refractivity contribution in [2.45, 2.75) is 13.8 Å². The van der Waals surface area contributed by atoms with Crippen molar-refractivity contribution in [2.24, 2.45) is 0 Å². The molecule has 0 spiro atoms. The maximum atomic E-state index is 13.5. The Bertz CT molecular complexity index is 1580. The lowest BCUT2D eigenvalue weighted by Gasteiger charge is -2.05. The van der Waals surface area contributed by atoms with Crippen LogP contribution in [0.1, 0.15) is 11.1 Å². The second-order valence-electron chi connectivity index (χ2n) is 7.80. The van der Waals surface area contributed by atoms with Gasteiger partial charge in [-0.1, -0.05) is 59.7 Å². The summed E-state index contributed by atoms with van der Waals surface area (Å²) in [6, 6.07) is 20.1. The summed E-state index contributed by atoms with van der Waals surface area (Å²) in [6.07, 6.45) is 0. The van der Waals surface area contributed by atoms with Crippen molar-refractivity contribution in [3.05, 3.63) is 92.2 Å². The summed E-state index contributed by atoms with van der Waals surface area (Å²) in [4.78, 5) is 26.9. The van der Waals surface area contributed by atoms with E-state index in [1.165, 1.54) is 0 Å². The zero-order valence-corrected chi connectivity index (χ0v) is 15.6. The molecule has 6 rings (SSSR count). The first kappa shape index (κ1) is 15.5. The van der Waals surface area contributed by atoms with E-state index in [2.05, 4.69) is 12.1 Å². The van der Waals surface area contributed by atoms with Gasteiger partial charge in [0.05, 0.1) is 0 Å². The molecule has 0 heterocycles. The second-order valence-corrected chi connectivity index (χ2v) is 7.80. The topological polar surface area (TPSA) is 34.1 Å². The van der Waals surface area contributed by atoms with Crippen LogP contribution in [0, 0.1) is 13.8 Å². The minimum atomic E-state index is -0.0337. The smallest absolute Gasteiger partial charge is 0.195 e. The predicted molar refractivity (Wildman–Crippen MR) is 118 cm³/mol. The zero-order valence-electron chi connectivity index (χ0n) is 15.6. The molecule has 0 bridgehead atoms. The first-order valence-corrected chi connectivity index (χ1v) is 9.46. The Morgan fingerprint density at radius 2 is 0.857 bits per heavy atom. The van der Waals surface area contributed by atoms with E-state index in [9.17, 15) is 9.59 Å². The third-order valence-electron chi connectivity index (χ3n) is 6.05. The Balaban J connectivity index is 2.11. The van der Waals surface area contributed by atoms with Crippen LogP contribution < -0.4 is 10.9 Å². The van der Waals surface area contributed by atoms with Gasteiger partial charge in [0, 0.05) is 32.3 Å². The summed E-state index contributed by atoms with van der Waals surface area (Å²) >= 11 is 0. The molecule has 0 aromatic heterocycles. The van der Waals surface area contributed by atoms with E-state index in [0.29, 0.717) is 21.5 Å². The van der Waals surface area contributed by atoms with Gasteiger partial charge in [0.2, 0.25) is 0 Å². The highest BCUT2D eigenvalue weighted by atomic mass is 16.1. The number of benzene rings is 4. The van der Waals surface area contributed by atoms with E-state index >= 15 is 0 Å². The summed E-state index contributed by atoms with van der Waals surface area (Å²) < 4.78 is 0. The molecule has 0 atom stereocenters. The third kappa shape index (κ3) is 1.73. The Hall–Kier alpha value is -3.52. The Morgan fingerprint density at radius 3 is 1.29 bits per heavy atom. The van der Waals surface area contributed by atoms with Gasteiger partial charge in [0.1, 0.15) is 0 Å². The fourth-order valence-electron chi connectivity index (χ4n) is 4.85. The van der Waals surface area contributed by atoms with Crippen LogP contribution in [-0.4, -0.2) is 0 Å². The molecule has 2 heteroatoms. The van der Waals surface area contributed by atoms with Crippen molar-refractivity contribution in [1.82, 2.24) is 0 Å². The maximum absolute atomic E-state index is 13.5. The highest BCUT2D eigenvalue weighted by Crippen LogP contribution is 2.40. The van der Waals surface area contributed by atoms with Gasteiger partial charge in [-0.3, -0.25) is 9.59 Å². The van der Waals surface area contributed by atoms with Gasteiger partial charge in [-0.2, -0.15) is 0 Å². The lowest BCUT2D eigenvalue weighted by molar-refractivity contribution is 1.51. The Labute approximate surface area is 160 Å². The van der Waals surface area contributed by atoms with Crippen LogP contribution in [0.15, 0.2) is 70.3 Å². The van der Waals surface area contributed by atoms with E-state index in [4.69, 9.17) is 0 Å². The van der Waals surface area contributed by atoms with Crippen LogP contribution in [0.5, 0.6) is 0 Å². The molecule has 0 unspecified atom stereocenters. The van der Waals surface area contributed by atoms with Crippen molar-refractivity contribution >= 4 is 53.9 Å². The zero-order chi connectivity index (χ0) is 19.2. The minimum absolute atomic E-state index is 0.0337. The number of fused-ring (bicyclic) bond motifs is 10. The van der Waals surface area contributed by atoms with Crippen LogP contribution in [0.2, 0.25) is 0 Å². The lowest BCUT2D eigenvalue weighted by atomic mass is 9.97. The average Bonchev–Trinajstić information content (AvgIpc) is 3.14. The normalized spacial score (nSPS) is 12.2. The molecule has 0 saturated carbocycles. The predicted octanol–water partition coefficient (Wildman–Crippen LogP) is 5.67. The molecule has 0 saturated heterocycles. The molecule has 0 fully saturated rings. The largest absolute Gasteiger partial charge is 0.289 e. The summed E-state index contributed by atoms with van der Waals surface area (Å²) in [5.41, 5.74) is 2.03. The lowest BCUT2D eigenvalue weighted by Crippen LogP contribution is -2.01. The first-order valence-electron chi connectivity index (χ1n) is 9.46. The summed E-state index contributed by atoms with van der Waals surface area (Å²) in [5.74, 6) is 0. The number of rotatable bonds is 0. The molecule has 28 heavy (non-hydrogen) atoms. The molecule has 0 aliphatic rings. The molecular formula is C26H16O2. The highest BCUT2D eigenvalue weighted by Gasteiger charge is 2.22. The SMILES string of the molecule is Cc1ccc2c(c1)c(=O)c1c3c(=O)c4cc(C)ccc4c3c3ccccc3c21. The molecule has 0 amide bonds. The van der Waals surface area contributed by atoms with E-state index in [1.807, 2.05) is 62.4 Å². The van der Waals surface area contributed by atoms with E-state index in [-0.39, 0.29) is 10.9 Å². The van der Waals surface area contributed by atoms with Gasteiger partial charge in [-0.25, -0.2) is 0 Å². The van der Waals surface area contributed by atoms with Crippen molar-refractivity contribution < 1.29 is 0 Å². The van der Waals surface area contributed by atoms with Crippen molar-refractivity contribution in [3.63, 3.8) is 0 Å². The molecule has 2 nitrogen and oxygen atoms in total. The fourth-order valence-corrected chi connectivity index (χ4v) is 4.85. The van der Waals surface area contributed by atoms with E-state index < -0.39 is 0 Å². The summed E-state index contributed by atoms with van der Waals surface area (Å²) in [5, 5.41) is 8.32. The minimum Gasteiger partial charge on any atom is -0.289 e. The molecule has 0 aliphatic heterocycles. The van der Waals surface area contributed by atoms with Gasteiger partial charge in [-0.05, 0) is 47.5 Å². The van der Waals surface area contributed by atoms with Crippen molar-refractivity contribution in [3.8, 4) is 0 Å². The van der Waals surface area contributed by atoms with Crippen LogP contribution in [0.4, 0.5) is 0 Å². The van der Waals surface area contributed by atoms with Crippen molar-refractivity contribution in [2.75, 3.05) is 0 Å². The van der Waals surface area contributed by atoms with E-state index in [1.54, 1.807) is 0 Å². The molecule has 0 aliphatic carbocycles. The van der Waals surface area contributed by atoms with Gasteiger partial charge < -0.3 is 0 Å². The van der Waals surface area contributed by atoms with Crippen LogP contribution in [0.3, 0.4) is 0 Å². The molecule has 6 aromatic rings. The number of hydrogen-bond acceptors (Lipinski definition) is 2. The van der Waals surface area contributed by atoms with Crippen molar-refractivity contribution in [1.29, 1.82) is 0 Å². The number of aryl methyl sites for hydroxylation is 2. The van der Waals surface area contributed by atoms with Crippen LogP contribution >= 0.6 is 0 Å². The van der Waals surface area contributed by atoms with Gasteiger partial charge >= 0.3 is 0 Å². The standard InChI is InChI=1S/C26H16O2/c1-13-7-9-17-19(11-13)25(27)23-21(17)15-5-3-4-6-16(15)22-18-10-8-14(2)12-20(18)26(28)24(22)23/h3-12H,1-2H3. The first-order chi connectivity index (χ1) is 13.6. The maximum Gasteiger partial charge on any atom is 0.195 e. The monoisotopic (exact) mass is 360 g/mol. The fraction of sp³-hybridized carbons (Fsp3) is 0.0769. The summed E-state index contributed by atoms with van der Waals surface area (Å²) in [7, 11) is 0. The average molecular weight is 360 g/mol. The molecule has 6 aromatic carbocycles. The molecular weight excluding hydrogens is 344 g/mol. The Kier molecular flexibility index (Phi) is 2.80. The molecule has 0 radical (unpaired) electrons. The highest BCUT2D eigenvalue weighted by molar-refractivity contribution is 6.38. The summed E-state index contributed by atoms with van der Waals surface area (Å²) in [6.45, 7) is 3.98. The molecule has 132 valence electrons. The van der Waals surface area contributed by atoms with Gasteiger partial charge in [0.15, 0.2) is 10.9 Å². The van der Waals surface area contributed by atoms with Crippen LogP contribution in [-0.2, 0) is 0 Å². The second kappa shape index (κ2) is 5.05. The van der Waals surface area contributed by atoms with Gasteiger partial charge in [0.25, 0.3) is 0 Å². The third-order valence-corrected chi connectivity index (χ3v) is 6.05. The number of hydrogen-bond donors (Lipinski definition) is 0. The molecule has 0 N–H and O–H groups in total. The van der Waals surface area contributed by atoms with E-state index in [0.717, 1.165) is 43.4 Å². The van der Waals surface area contributed by atoms with Crippen LogP contribution in [0.25, 0.3) is 53.9 Å². The Morgan fingerprint density at radius 1 is 0.464 bits per heavy atom. The quantitative estimate of drug-likeness (QED) is 0.350. The van der Waals surface area contributed by atoms with Gasteiger partial charge in [-0.15, -0.1) is 0 Å².